The lowest BCUT2D eigenvalue weighted by atomic mass is 10.1. The Bertz CT molecular complexity index is 575. The second-order valence-corrected chi connectivity index (χ2v) is 5.67. The van der Waals surface area contributed by atoms with Gasteiger partial charge in [0.25, 0.3) is 0 Å². The summed E-state index contributed by atoms with van der Waals surface area (Å²) in [6.07, 6.45) is 2.04. The number of anilines is 1. The predicted molar refractivity (Wildman–Crippen MR) is 80.2 cm³/mol. The van der Waals surface area contributed by atoms with Crippen molar-refractivity contribution in [2.24, 2.45) is 5.92 Å². The van der Waals surface area contributed by atoms with Crippen LogP contribution in [0.4, 0.5) is 10.3 Å². The molecule has 20 heavy (non-hydrogen) atoms. The number of aromatic nitrogens is 2. The normalized spacial score (nSPS) is 12.7. The van der Waals surface area contributed by atoms with Gasteiger partial charge in [0.05, 0.1) is 11.7 Å². The molecule has 0 bridgehead atoms. The van der Waals surface area contributed by atoms with Crippen LogP contribution in [0.2, 0.25) is 0 Å². The van der Waals surface area contributed by atoms with E-state index in [1.54, 1.807) is 12.1 Å². The quantitative estimate of drug-likeness (QED) is 0.888. The Balaban J connectivity index is 2.17. The maximum Gasteiger partial charge on any atom is 0.203 e. The van der Waals surface area contributed by atoms with Crippen molar-refractivity contribution < 1.29 is 4.39 Å². The lowest BCUT2D eigenvalue weighted by Crippen LogP contribution is -2.13. The topological polar surface area (TPSA) is 29.9 Å². The average molecular weight is 275 g/mol. The summed E-state index contributed by atoms with van der Waals surface area (Å²) >= 11 is 0. The molecular weight excluding hydrogens is 253 g/mol. The molecule has 108 valence electrons. The highest BCUT2D eigenvalue weighted by molar-refractivity contribution is 5.34. The van der Waals surface area contributed by atoms with Gasteiger partial charge in [0.2, 0.25) is 5.95 Å². The van der Waals surface area contributed by atoms with Gasteiger partial charge < -0.3 is 9.88 Å². The first-order valence-electron chi connectivity index (χ1n) is 7.01. The lowest BCUT2D eigenvalue weighted by molar-refractivity contribution is 0.524. The molecule has 2 rings (SSSR count). The van der Waals surface area contributed by atoms with Gasteiger partial charge in [-0.3, -0.25) is 0 Å². The number of aryl methyl sites for hydroxylation is 1. The van der Waals surface area contributed by atoms with Crippen molar-refractivity contribution >= 4 is 5.95 Å². The van der Waals surface area contributed by atoms with Crippen molar-refractivity contribution in [1.29, 1.82) is 0 Å². The summed E-state index contributed by atoms with van der Waals surface area (Å²) in [6, 6.07) is 6.68. The van der Waals surface area contributed by atoms with E-state index in [2.05, 4.69) is 28.7 Å². The molecule has 0 saturated heterocycles. The molecule has 0 radical (unpaired) electrons. The summed E-state index contributed by atoms with van der Waals surface area (Å²) in [4.78, 5) is 4.51. The van der Waals surface area contributed by atoms with Gasteiger partial charge in [0.15, 0.2) is 0 Å². The SMILES string of the molecule is Cc1cn(CC(C)C)c(NC(C)c2cccc(F)c2)n1. The maximum absolute atomic E-state index is 13.3. The first kappa shape index (κ1) is 14.6. The number of nitrogens with one attached hydrogen (secondary N) is 1. The molecule has 0 aliphatic heterocycles. The summed E-state index contributed by atoms with van der Waals surface area (Å²) in [5, 5.41) is 3.37. The molecule has 1 aromatic heterocycles. The van der Waals surface area contributed by atoms with Crippen molar-refractivity contribution in [3.05, 3.63) is 47.5 Å². The minimum atomic E-state index is -0.210. The molecule has 2 aromatic rings. The van der Waals surface area contributed by atoms with E-state index in [0.717, 1.165) is 23.8 Å². The number of halogens is 1. The highest BCUT2D eigenvalue weighted by Crippen LogP contribution is 2.20. The summed E-state index contributed by atoms with van der Waals surface area (Å²) in [7, 11) is 0. The van der Waals surface area contributed by atoms with Crippen LogP contribution < -0.4 is 5.32 Å². The van der Waals surface area contributed by atoms with Gasteiger partial charge in [0, 0.05) is 12.7 Å². The van der Waals surface area contributed by atoms with Gasteiger partial charge >= 0.3 is 0 Å². The molecule has 0 aliphatic rings. The fraction of sp³-hybridized carbons (Fsp3) is 0.438. The zero-order valence-corrected chi connectivity index (χ0v) is 12.5. The maximum atomic E-state index is 13.3. The third-order valence-electron chi connectivity index (χ3n) is 3.15. The fourth-order valence-corrected chi connectivity index (χ4v) is 2.25. The van der Waals surface area contributed by atoms with E-state index in [9.17, 15) is 4.39 Å². The van der Waals surface area contributed by atoms with Crippen LogP contribution in [0.15, 0.2) is 30.5 Å². The Morgan fingerprint density at radius 1 is 1.30 bits per heavy atom. The summed E-state index contributed by atoms with van der Waals surface area (Å²) < 4.78 is 15.4. The average Bonchev–Trinajstić information content (AvgIpc) is 2.68. The number of hydrogen-bond acceptors (Lipinski definition) is 2. The van der Waals surface area contributed by atoms with E-state index in [-0.39, 0.29) is 11.9 Å². The van der Waals surface area contributed by atoms with Gasteiger partial charge in [-0.25, -0.2) is 9.37 Å². The molecule has 4 heteroatoms. The van der Waals surface area contributed by atoms with Crippen LogP contribution in [0.5, 0.6) is 0 Å². The fourth-order valence-electron chi connectivity index (χ4n) is 2.25. The van der Waals surface area contributed by atoms with Gasteiger partial charge in [0.1, 0.15) is 5.82 Å². The van der Waals surface area contributed by atoms with Crippen LogP contribution in [0.1, 0.15) is 38.1 Å². The van der Waals surface area contributed by atoms with E-state index in [1.165, 1.54) is 6.07 Å². The van der Waals surface area contributed by atoms with Crippen LogP contribution in [-0.2, 0) is 6.54 Å². The minimum Gasteiger partial charge on any atom is -0.349 e. The minimum absolute atomic E-state index is 0.0124. The smallest absolute Gasteiger partial charge is 0.203 e. The van der Waals surface area contributed by atoms with Crippen LogP contribution in [-0.4, -0.2) is 9.55 Å². The van der Waals surface area contributed by atoms with Crippen LogP contribution in [0.25, 0.3) is 0 Å². The van der Waals surface area contributed by atoms with Crippen LogP contribution in [0.3, 0.4) is 0 Å². The standard InChI is InChI=1S/C16H22FN3/c1-11(2)9-20-10-12(3)18-16(20)19-13(4)14-6-5-7-15(17)8-14/h5-8,10-11,13H,9H2,1-4H3,(H,18,19). The molecule has 1 atom stereocenters. The van der Waals surface area contributed by atoms with Gasteiger partial charge in [-0.15, -0.1) is 0 Å². The molecule has 3 nitrogen and oxygen atoms in total. The summed E-state index contributed by atoms with van der Waals surface area (Å²) in [5.74, 6) is 1.18. The van der Waals surface area contributed by atoms with Crippen molar-refractivity contribution in [3.8, 4) is 0 Å². The van der Waals surface area contributed by atoms with Crippen molar-refractivity contribution in [2.75, 3.05) is 5.32 Å². The van der Waals surface area contributed by atoms with E-state index in [0.29, 0.717) is 5.92 Å². The Morgan fingerprint density at radius 2 is 2.05 bits per heavy atom. The number of rotatable bonds is 5. The molecule has 0 amide bonds. The monoisotopic (exact) mass is 275 g/mol. The Morgan fingerprint density at radius 3 is 2.70 bits per heavy atom. The number of benzene rings is 1. The third-order valence-corrected chi connectivity index (χ3v) is 3.15. The lowest BCUT2D eigenvalue weighted by Gasteiger charge is -2.17. The second-order valence-electron chi connectivity index (χ2n) is 5.67. The molecule has 0 aliphatic carbocycles. The second kappa shape index (κ2) is 6.07. The molecule has 0 fully saturated rings. The van der Waals surface area contributed by atoms with E-state index in [4.69, 9.17) is 0 Å². The zero-order chi connectivity index (χ0) is 14.7. The molecule has 0 spiro atoms. The highest BCUT2D eigenvalue weighted by atomic mass is 19.1. The van der Waals surface area contributed by atoms with Gasteiger partial charge in [-0.1, -0.05) is 26.0 Å². The molecule has 1 heterocycles. The number of nitrogens with zero attached hydrogens (tertiary/aromatic N) is 2. The summed E-state index contributed by atoms with van der Waals surface area (Å²) in [5.41, 5.74) is 1.90. The van der Waals surface area contributed by atoms with Crippen molar-refractivity contribution in [2.45, 2.75) is 40.3 Å². The van der Waals surface area contributed by atoms with Crippen LogP contribution >= 0.6 is 0 Å². The first-order valence-corrected chi connectivity index (χ1v) is 7.01. The molecular formula is C16H22FN3. The van der Waals surface area contributed by atoms with E-state index in [1.807, 2.05) is 26.1 Å². The molecule has 1 unspecified atom stereocenters. The van der Waals surface area contributed by atoms with Crippen molar-refractivity contribution in [1.82, 2.24) is 9.55 Å². The van der Waals surface area contributed by atoms with E-state index < -0.39 is 0 Å². The molecule has 1 aromatic carbocycles. The predicted octanol–water partition coefficient (Wildman–Crippen LogP) is 4.16. The van der Waals surface area contributed by atoms with Gasteiger partial charge in [-0.2, -0.15) is 0 Å². The first-order chi connectivity index (χ1) is 9.45. The summed E-state index contributed by atoms with van der Waals surface area (Å²) in [6.45, 7) is 9.26. The van der Waals surface area contributed by atoms with Crippen molar-refractivity contribution in [3.63, 3.8) is 0 Å². The Kier molecular flexibility index (Phi) is 4.42. The highest BCUT2D eigenvalue weighted by Gasteiger charge is 2.12. The van der Waals surface area contributed by atoms with Gasteiger partial charge in [-0.05, 0) is 37.5 Å². The third kappa shape index (κ3) is 3.59. The molecule has 0 saturated carbocycles. The van der Waals surface area contributed by atoms with Crippen LogP contribution in [0, 0.1) is 18.7 Å². The zero-order valence-electron chi connectivity index (χ0n) is 12.5. The Labute approximate surface area is 119 Å². The van der Waals surface area contributed by atoms with E-state index >= 15 is 0 Å². The number of imidazole rings is 1. The molecule has 1 N–H and O–H groups in total. The Hall–Kier alpha value is -1.84. The largest absolute Gasteiger partial charge is 0.349 e. The number of hydrogen-bond donors (Lipinski definition) is 1.